The van der Waals surface area contributed by atoms with Crippen molar-refractivity contribution in [3.8, 4) is 0 Å². The zero-order valence-electron chi connectivity index (χ0n) is 9.15. The molecule has 1 aromatic heterocycles. The minimum absolute atomic E-state index is 0.385. The highest BCUT2D eigenvalue weighted by atomic mass is 16.5. The molecule has 84 valence electrons. The average Bonchev–Trinajstić information content (AvgIpc) is 2.66. The molecule has 2 rings (SSSR count). The molecule has 1 unspecified atom stereocenters. The van der Waals surface area contributed by atoms with Crippen molar-refractivity contribution in [1.82, 2.24) is 20.3 Å². The van der Waals surface area contributed by atoms with Gasteiger partial charge in [0.05, 0.1) is 11.8 Å². The van der Waals surface area contributed by atoms with Gasteiger partial charge in [0.1, 0.15) is 0 Å². The molecule has 1 aliphatic heterocycles. The van der Waals surface area contributed by atoms with E-state index in [-0.39, 0.29) is 0 Å². The second kappa shape index (κ2) is 5.23. The van der Waals surface area contributed by atoms with Crippen molar-refractivity contribution in [2.75, 3.05) is 13.2 Å². The lowest BCUT2D eigenvalue weighted by atomic mass is 10.1. The lowest BCUT2D eigenvalue weighted by molar-refractivity contribution is 0.0167. The maximum Gasteiger partial charge on any atom is 0.0964 e. The summed E-state index contributed by atoms with van der Waals surface area (Å²) >= 11 is 0. The SMILES string of the molecule is Cn1cc(CNCC2CCCCO2)nn1. The fraction of sp³-hybridized carbons (Fsp3) is 0.800. The molecule has 5 nitrogen and oxygen atoms in total. The summed E-state index contributed by atoms with van der Waals surface area (Å²) in [5, 5.41) is 11.2. The molecule has 15 heavy (non-hydrogen) atoms. The standard InChI is InChI=1S/C10H18N4O/c1-14-8-9(12-13-14)6-11-7-10-4-2-3-5-15-10/h8,10-11H,2-7H2,1H3. The highest BCUT2D eigenvalue weighted by molar-refractivity contribution is 4.90. The second-order valence-electron chi connectivity index (χ2n) is 4.00. The summed E-state index contributed by atoms with van der Waals surface area (Å²) < 4.78 is 7.33. The van der Waals surface area contributed by atoms with Crippen molar-refractivity contribution in [3.63, 3.8) is 0 Å². The van der Waals surface area contributed by atoms with E-state index in [1.807, 2.05) is 13.2 Å². The number of nitrogens with zero attached hydrogens (tertiary/aromatic N) is 3. The number of aromatic nitrogens is 3. The fourth-order valence-electron chi connectivity index (χ4n) is 1.81. The number of hydrogen-bond acceptors (Lipinski definition) is 4. The van der Waals surface area contributed by atoms with Gasteiger partial charge in [-0.05, 0) is 19.3 Å². The molecule has 0 amide bonds. The van der Waals surface area contributed by atoms with Crippen LogP contribution in [0.5, 0.6) is 0 Å². The maximum atomic E-state index is 5.62. The molecule has 0 radical (unpaired) electrons. The molecular weight excluding hydrogens is 192 g/mol. The van der Waals surface area contributed by atoms with Gasteiger partial charge in [-0.2, -0.15) is 0 Å². The lowest BCUT2D eigenvalue weighted by Crippen LogP contribution is -2.31. The number of aryl methyl sites for hydroxylation is 1. The van der Waals surface area contributed by atoms with Crippen LogP contribution < -0.4 is 5.32 Å². The summed E-state index contributed by atoms with van der Waals surface area (Å²) in [6.45, 7) is 2.60. The molecule has 1 fully saturated rings. The van der Waals surface area contributed by atoms with Crippen LogP contribution in [0, 0.1) is 0 Å². The van der Waals surface area contributed by atoms with Crippen LogP contribution in [0.1, 0.15) is 25.0 Å². The molecule has 1 aromatic rings. The average molecular weight is 210 g/mol. The van der Waals surface area contributed by atoms with E-state index in [9.17, 15) is 0 Å². The van der Waals surface area contributed by atoms with E-state index in [1.165, 1.54) is 19.3 Å². The molecular formula is C10H18N4O. The largest absolute Gasteiger partial charge is 0.377 e. The van der Waals surface area contributed by atoms with Gasteiger partial charge in [-0.1, -0.05) is 5.21 Å². The molecule has 2 heterocycles. The van der Waals surface area contributed by atoms with Crippen molar-refractivity contribution < 1.29 is 4.74 Å². The summed E-state index contributed by atoms with van der Waals surface area (Å²) in [6.07, 6.45) is 5.98. The van der Waals surface area contributed by atoms with E-state index in [1.54, 1.807) is 4.68 Å². The minimum Gasteiger partial charge on any atom is -0.377 e. The zero-order chi connectivity index (χ0) is 10.5. The predicted molar refractivity (Wildman–Crippen MR) is 56.3 cm³/mol. The Balaban J connectivity index is 1.65. The summed E-state index contributed by atoms with van der Waals surface area (Å²) in [7, 11) is 1.88. The third kappa shape index (κ3) is 3.28. The lowest BCUT2D eigenvalue weighted by Gasteiger charge is -2.22. The molecule has 1 saturated heterocycles. The second-order valence-corrected chi connectivity index (χ2v) is 4.00. The first kappa shape index (κ1) is 10.6. The van der Waals surface area contributed by atoms with Crippen LogP contribution in [-0.2, 0) is 18.3 Å². The van der Waals surface area contributed by atoms with Crippen LogP contribution in [-0.4, -0.2) is 34.2 Å². The Morgan fingerprint density at radius 3 is 3.20 bits per heavy atom. The van der Waals surface area contributed by atoms with Crippen molar-refractivity contribution in [3.05, 3.63) is 11.9 Å². The summed E-state index contributed by atoms with van der Waals surface area (Å²) in [5.41, 5.74) is 0.980. The summed E-state index contributed by atoms with van der Waals surface area (Å²) in [5.74, 6) is 0. The quantitative estimate of drug-likeness (QED) is 0.785. The van der Waals surface area contributed by atoms with E-state index in [0.717, 1.165) is 25.4 Å². The fourth-order valence-corrected chi connectivity index (χ4v) is 1.81. The van der Waals surface area contributed by atoms with E-state index in [4.69, 9.17) is 4.74 Å². The number of ether oxygens (including phenoxy) is 1. The van der Waals surface area contributed by atoms with E-state index in [0.29, 0.717) is 6.10 Å². The van der Waals surface area contributed by atoms with Crippen LogP contribution >= 0.6 is 0 Å². The van der Waals surface area contributed by atoms with Gasteiger partial charge in [-0.15, -0.1) is 5.10 Å². The number of hydrogen-bond donors (Lipinski definition) is 1. The number of nitrogens with one attached hydrogen (secondary N) is 1. The molecule has 1 aliphatic rings. The van der Waals surface area contributed by atoms with Crippen LogP contribution in [0.25, 0.3) is 0 Å². The Kier molecular flexibility index (Phi) is 3.69. The van der Waals surface area contributed by atoms with Crippen molar-refractivity contribution in [2.24, 2.45) is 7.05 Å². The molecule has 0 aromatic carbocycles. The summed E-state index contributed by atoms with van der Waals surface area (Å²) in [4.78, 5) is 0. The summed E-state index contributed by atoms with van der Waals surface area (Å²) in [6, 6.07) is 0. The molecule has 0 saturated carbocycles. The van der Waals surface area contributed by atoms with Crippen molar-refractivity contribution in [2.45, 2.75) is 31.9 Å². The molecule has 5 heteroatoms. The topological polar surface area (TPSA) is 52.0 Å². The molecule has 1 N–H and O–H groups in total. The van der Waals surface area contributed by atoms with Crippen LogP contribution in [0.15, 0.2) is 6.20 Å². The Morgan fingerprint density at radius 1 is 1.60 bits per heavy atom. The van der Waals surface area contributed by atoms with Gasteiger partial charge in [-0.3, -0.25) is 4.68 Å². The van der Waals surface area contributed by atoms with Gasteiger partial charge >= 0.3 is 0 Å². The highest BCUT2D eigenvalue weighted by Gasteiger charge is 2.12. The molecule has 0 spiro atoms. The first-order valence-electron chi connectivity index (χ1n) is 5.52. The maximum absolute atomic E-state index is 5.62. The van der Waals surface area contributed by atoms with Crippen LogP contribution in [0.3, 0.4) is 0 Å². The molecule has 0 bridgehead atoms. The first-order valence-corrected chi connectivity index (χ1v) is 5.52. The molecule has 0 aliphatic carbocycles. The normalized spacial score (nSPS) is 21.8. The predicted octanol–water partition coefficient (Wildman–Crippen LogP) is 0.474. The van der Waals surface area contributed by atoms with Gasteiger partial charge in [0, 0.05) is 32.9 Å². The number of rotatable bonds is 4. The van der Waals surface area contributed by atoms with Gasteiger partial charge < -0.3 is 10.1 Å². The highest BCUT2D eigenvalue weighted by Crippen LogP contribution is 2.11. The van der Waals surface area contributed by atoms with Crippen LogP contribution in [0.2, 0.25) is 0 Å². The van der Waals surface area contributed by atoms with E-state index < -0.39 is 0 Å². The smallest absolute Gasteiger partial charge is 0.0964 e. The van der Waals surface area contributed by atoms with Gasteiger partial charge in [-0.25, -0.2) is 0 Å². The van der Waals surface area contributed by atoms with Crippen molar-refractivity contribution in [1.29, 1.82) is 0 Å². The molecule has 1 atom stereocenters. The first-order chi connectivity index (χ1) is 7.34. The Hall–Kier alpha value is -0.940. The van der Waals surface area contributed by atoms with Gasteiger partial charge in [0.2, 0.25) is 0 Å². The monoisotopic (exact) mass is 210 g/mol. The van der Waals surface area contributed by atoms with Crippen LogP contribution in [0.4, 0.5) is 0 Å². The Bertz CT molecular complexity index is 293. The Labute approximate surface area is 89.8 Å². The van der Waals surface area contributed by atoms with Gasteiger partial charge in [0.15, 0.2) is 0 Å². The van der Waals surface area contributed by atoms with Gasteiger partial charge in [0.25, 0.3) is 0 Å². The van der Waals surface area contributed by atoms with Crippen molar-refractivity contribution >= 4 is 0 Å². The minimum atomic E-state index is 0.385. The van der Waals surface area contributed by atoms with E-state index >= 15 is 0 Å². The third-order valence-electron chi connectivity index (χ3n) is 2.60. The Morgan fingerprint density at radius 2 is 2.53 bits per heavy atom. The van der Waals surface area contributed by atoms with E-state index in [2.05, 4.69) is 15.6 Å². The third-order valence-corrected chi connectivity index (χ3v) is 2.60. The zero-order valence-corrected chi connectivity index (χ0v) is 9.15.